The summed E-state index contributed by atoms with van der Waals surface area (Å²) < 4.78 is 32.4. The second kappa shape index (κ2) is 6.81. The fourth-order valence-corrected chi connectivity index (χ4v) is 3.75. The number of ether oxygens (including phenoxy) is 1. The van der Waals surface area contributed by atoms with Gasteiger partial charge in [0.05, 0.1) is 18.9 Å². The van der Waals surface area contributed by atoms with E-state index in [2.05, 4.69) is 10.2 Å². The molecule has 1 aromatic carbocycles. The first-order valence-corrected chi connectivity index (χ1v) is 9.34. The molecule has 1 saturated heterocycles. The Hall–Kier alpha value is -2.46. The number of nitrogens with zero attached hydrogens (tertiary/aromatic N) is 4. The number of sulfone groups is 1. The van der Waals surface area contributed by atoms with E-state index in [1.165, 1.54) is 11.5 Å². The second-order valence-electron chi connectivity index (χ2n) is 5.64. The van der Waals surface area contributed by atoms with Crippen molar-refractivity contribution in [2.75, 3.05) is 31.2 Å². The van der Waals surface area contributed by atoms with Crippen LogP contribution >= 0.6 is 0 Å². The molecule has 0 aliphatic carbocycles. The van der Waals surface area contributed by atoms with Gasteiger partial charge in [-0.1, -0.05) is 18.2 Å². The standard InChI is InChI=1S/C15H19N5O4S/c1-11(13(16)21)25(22,23)15-18-17-14(19-7-9-24-10-8-19)20(15)12-5-3-2-4-6-12/h2-6,11H,7-10H2,1H3,(H2,16,21). The fourth-order valence-electron chi connectivity index (χ4n) is 2.53. The summed E-state index contributed by atoms with van der Waals surface area (Å²) in [5.41, 5.74) is 5.78. The number of aromatic nitrogens is 3. The van der Waals surface area contributed by atoms with E-state index in [4.69, 9.17) is 10.5 Å². The Kier molecular flexibility index (Phi) is 4.73. The normalized spacial score (nSPS) is 16.6. The minimum absolute atomic E-state index is 0.300. The van der Waals surface area contributed by atoms with Crippen LogP contribution < -0.4 is 10.6 Å². The molecule has 9 nitrogen and oxygen atoms in total. The maximum atomic E-state index is 12.8. The topological polar surface area (TPSA) is 120 Å². The highest BCUT2D eigenvalue weighted by Crippen LogP contribution is 2.25. The molecular formula is C15H19N5O4S. The van der Waals surface area contributed by atoms with E-state index in [0.717, 1.165) is 0 Å². The number of carbonyl (C=O) groups is 1. The zero-order valence-corrected chi connectivity index (χ0v) is 14.5. The van der Waals surface area contributed by atoms with Crippen molar-refractivity contribution in [3.8, 4) is 5.69 Å². The molecule has 0 bridgehead atoms. The summed E-state index contributed by atoms with van der Waals surface area (Å²) in [7, 11) is -4.08. The van der Waals surface area contributed by atoms with E-state index in [1.807, 2.05) is 11.0 Å². The lowest BCUT2D eigenvalue weighted by Crippen LogP contribution is -2.38. The third-order valence-corrected chi connectivity index (χ3v) is 5.98. The fraction of sp³-hybridized carbons (Fsp3) is 0.400. The number of rotatable bonds is 5. The van der Waals surface area contributed by atoms with Gasteiger partial charge >= 0.3 is 0 Å². The summed E-state index contributed by atoms with van der Waals surface area (Å²) >= 11 is 0. The maximum absolute atomic E-state index is 12.8. The number of amides is 1. The van der Waals surface area contributed by atoms with Crippen molar-refractivity contribution >= 4 is 21.7 Å². The lowest BCUT2D eigenvalue weighted by atomic mass is 10.3. The Morgan fingerprint density at radius 3 is 2.44 bits per heavy atom. The number of nitrogens with two attached hydrogens (primary N) is 1. The molecule has 0 spiro atoms. The van der Waals surface area contributed by atoms with Gasteiger partial charge in [0.25, 0.3) is 5.16 Å². The van der Waals surface area contributed by atoms with Crippen molar-refractivity contribution in [2.24, 2.45) is 5.73 Å². The highest BCUT2D eigenvalue weighted by molar-refractivity contribution is 7.92. The molecule has 2 aromatic rings. The molecule has 1 aliphatic rings. The molecule has 1 unspecified atom stereocenters. The Bertz CT molecular complexity index is 859. The highest BCUT2D eigenvalue weighted by atomic mass is 32.2. The Morgan fingerprint density at radius 1 is 1.20 bits per heavy atom. The second-order valence-corrected chi connectivity index (χ2v) is 7.80. The predicted molar refractivity (Wildman–Crippen MR) is 90.2 cm³/mol. The number of primary amides is 1. The van der Waals surface area contributed by atoms with Crippen molar-refractivity contribution in [3.63, 3.8) is 0 Å². The van der Waals surface area contributed by atoms with Gasteiger partial charge in [0.1, 0.15) is 5.25 Å². The van der Waals surface area contributed by atoms with Gasteiger partial charge in [0, 0.05) is 13.1 Å². The van der Waals surface area contributed by atoms with E-state index < -0.39 is 21.0 Å². The average molecular weight is 365 g/mol. The Morgan fingerprint density at radius 2 is 1.84 bits per heavy atom. The number of anilines is 1. The molecule has 1 aromatic heterocycles. The number of para-hydroxylation sites is 1. The highest BCUT2D eigenvalue weighted by Gasteiger charge is 2.35. The number of benzene rings is 1. The minimum Gasteiger partial charge on any atom is -0.378 e. The van der Waals surface area contributed by atoms with Gasteiger partial charge in [0.15, 0.2) is 0 Å². The third kappa shape index (κ3) is 3.22. The first kappa shape index (κ1) is 17.4. The predicted octanol–water partition coefficient (Wildman–Crippen LogP) is -0.249. The molecule has 1 amide bonds. The summed E-state index contributed by atoms with van der Waals surface area (Å²) in [4.78, 5) is 13.3. The molecule has 0 saturated carbocycles. The van der Waals surface area contributed by atoms with E-state index in [-0.39, 0.29) is 5.16 Å². The molecule has 2 heterocycles. The summed E-state index contributed by atoms with van der Waals surface area (Å²) in [6.45, 7) is 3.41. The smallest absolute Gasteiger partial charge is 0.256 e. The lowest BCUT2D eigenvalue weighted by molar-refractivity contribution is -0.117. The molecule has 2 N–H and O–H groups in total. The van der Waals surface area contributed by atoms with Crippen molar-refractivity contribution in [1.29, 1.82) is 0 Å². The quantitative estimate of drug-likeness (QED) is 0.776. The average Bonchev–Trinajstić information content (AvgIpc) is 3.08. The minimum atomic E-state index is -4.08. The molecule has 25 heavy (non-hydrogen) atoms. The van der Waals surface area contributed by atoms with Crippen LogP contribution in [-0.2, 0) is 19.4 Å². The lowest BCUT2D eigenvalue weighted by Gasteiger charge is -2.28. The van der Waals surface area contributed by atoms with Crippen LogP contribution in [0.3, 0.4) is 0 Å². The van der Waals surface area contributed by atoms with Crippen LogP contribution in [-0.4, -0.2) is 60.6 Å². The first-order valence-electron chi connectivity index (χ1n) is 7.79. The van der Waals surface area contributed by atoms with E-state index >= 15 is 0 Å². The van der Waals surface area contributed by atoms with Crippen molar-refractivity contribution in [3.05, 3.63) is 30.3 Å². The zero-order chi connectivity index (χ0) is 18.0. The van der Waals surface area contributed by atoms with Gasteiger partial charge < -0.3 is 15.4 Å². The van der Waals surface area contributed by atoms with Crippen LogP contribution in [0.15, 0.2) is 35.5 Å². The Labute approximate surface area is 145 Å². The van der Waals surface area contributed by atoms with Gasteiger partial charge in [-0.2, -0.15) is 0 Å². The first-order chi connectivity index (χ1) is 11.9. The van der Waals surface area contributed by atoms with Crippen LogP contribution in [0.5, 0.6) is 0 Å². The number of morpholine rings is 1. The number of hydrogen-bond donors (Lipinski definition) is 1. The van der Waals surface area contributed by atoms with Crippen LogP contribution in [0.1, 0.15) is 6.92 Å². The Balaban J connectivity index is 2.17. The van der Waals surface area contributed by atoms with Gasteiger partial charge in [-0.15, -0.1) is 10.2 Å². The number of carbonyl (C=O) groups excluding carboxylic acids is 1. The molecule has 1 aliphatic heterocycles. The molecular weight excluding hydrogens is 346 g/mol. The summed E-state index contributed by atoms with van der Waals surface area (Å²) in [5.74, 6) is -0.541. The zero-order valence-electron chi connectivity index (χ0n) is 13.7. The largest absolute Gasteiger partial charge is 0.378 e. The molecule has 1 fully saturated rings. The molecule has 1 atom stereocenters. The van der Waals surface area contributed by atoms with Crippen molar-refractivity contribution < 1.29 is 17.9 Å². The van der Waals surface area contributed by atoms with Gasteiger partial charge in [-0.05, 0) is 19.1 Å². The van der Waals surface area contributed by atoms with E-state index in [0.29, 0.717) is 37.9 Å². The van der Waals surface area contributed by atoms with Crippen molar-refractivity contribution in [2.45, 2.75) is 17.3 Å². The maximum Gasteiger partial charge on any atom is 0.256 e. The summed E-state index contributed by atoms with van der Waals surface area (Å²) in [6.07, 6.45) is 0. The molecule has 3 rings (SSSR count). The van der Waals surface area contributed by atoms with Gasteiger partial charge in [0.2, 0.25) is 21.7 Å². The van der Waals surface area contributed by atoms with E-state index in [9.17, 15) is 13.2 Å². The van der Waals surface area contributed by atoms with Crippen LogP contribution in [0, 0.1) is 0 Å². The van der Waals surface area contributed by atoms with Crippen LogP contribution in [0.4, 0.5) is 5.95 Å². The van der Waals surface area contributed by atoms with Crippen LogP contribution in [0.2, 0.25) is 0 Å². The monoisotopic (exact) mass is 365 g/mol. The number of hydrogen-bond acceptors (Lipinski definition) is 7. The van der Waals surface area contributed by atoms with Gasteiger partial charge in [-0.25, -0.2) is 8.42 Å². The van der Waals surface area contributed by atoms with Crippen LogP contribution in [0.25, 0.3) is 5.69 Å². The van der Waals surface area contributed by atoms with E-state index in [1.54, 1.807) is 24.3 Å². The summed E-state index contributed by atoms with van der Waals surface area (Å²) in [5, 5.41) is 6.25. The summed E-state index contributed by atoms with van der Waals surface area (Å²) in [6, 6.07) is 8.89. The molecule has 10 heteroatoms. The van der Waals surface area contributed by atoms with Crippen molar-refractivity contribution in [1.82, 2.24) is 14.8 Å². The molecule has 134 valence electrons. The molecule has 0 radical (unpaired) electrons. The SMILES string of the molecule is CC(C(N)=O)S(=O)(=O)c1nnc(N2CCOCC2)n1-c1ccccc1. The third-order valence-electron chi connectivity index (χ3n) is 4.05. The van der Waals surface area contributed by atoms with Gasteiger partial charge in [-0.3, -0.25) is 9.36 Å².